The molecule has 0 rings (SSSR count). The Bertz CT molecular complexity index is 121. The average Bonchev–Trinajstić information content (AvgIpc) is 2.10. The molecule has 0 spiro atoms. The van der Waals surface area contributed by atoms with Crippen LogP contribution in [0, 0.1) is 5.41 Å². The summed E-state index contributed by atoms with van der Waals surface area (Å²) in [6, 6.07) is 0. The Kier molecular flexibility index (Phi) is 9.75. The van der Waals surface area contributed by atoms with Crippen LogP contribution in [0.3, 0.4) is 0 Å². The van der Waals surface area contributed by atoms with Gasteiger partial charge in [-0.3, -0.25) is 0 Å². The largest absolute Gasteiger partial charge is 0.316 e. The summed E-state index contributed by atoms with van der Waals surface area (Å²) < 4.78 is 0. The number of hydrogen-bond acceptors (Lipinski definition) is 3. The van der Waals surface area contributed by atoms with Crippen LogP contribution in [0.2, 0.25) is 0 Å². The van der Waals surface area contributed by atoms with Gasteiger partial charge in [-0.2, -0.15) is 0 Å². The summed E-state index contributed by atoms with van der Waals surface area (Å²) in [4.78, 5) is 0. The predicted octanol–water partition coefficient (Wildman–Crippen LogP) is 0.781. The maximum atomic E-state index is 6.73. The quantitative estimate of drug-likeness (QED) is 0.371. The van der Waals surface area contributed by atoms with E-state index in [-0.39, 0.29) is 0 Å². The van der Waals surface area contributed by atoms with Crippen molar-refractivity contribution in [2.24, 2.45) is 0 Å². The van der Waals surface area contributed by atoms with E-state index in [0.29, 0.717) is 0 Å². The van der Waals surface area contributed by atoms with Crippen LogP contribution in [0.1, 0.15) is 13.3 Å². The van der Waals surface area contributed by atoms with Crippen LogP contribution in [0.15, 0.2) is 12.2 Å². The molecule has 3 N–H and O–H groups in total. The zero-order chi connectivity index (χ0) is 9.07. The molecule has 0 aliphatic heterocycles. The van der Waals surface area contributed by atoms with Crippen LogP contribution < -0.4 is 10.6 Å². The van der Waals surface area contributed by atoms with E-state index >= 15 is 0 Å². The first kappa shape index (κ1) is 11.3. The molecule has 0 aromatic carbocycles. The van der Waals surface area contributed by atoms with E-state index in [9.17, 15) is 0 Å². The molecule has 0 heterocycles. The minimum absolute atomic E-state index is 0.996. The molecule has 0 aromatic rings. The van der Waals surface area contributed by atoms with Crippen molar-refractivity contribution >= 4 is 6.21 Å². The van der Waals surface area contributed by atoms with Gasteiger partial charge in [0.05, 0.1) is 0 Å². The highest BCUT2D eigenvalue weighted by molar-refractivity contribution is 5.67. The Hall–Kier alpha value is -0.670. The zero-order valence-electron chi connectivity index (χ0n) is 7.77. The van der Waals surface area contributed by atoms with Crippen molar-refractivity contribution in [1.29, 1.82) is 5.41 Å². The third-order valence-corrected chi connectivity index (χ3v) is 1.45. The Morgan fingerprint density at radius 1 is 1.17 bits per heavy atom. The van der Waals surface area contributed by atoms with Crippen molar-refractivity contribution < 1.29 is 0 Å². The lowest BCUT2D eigenvalue weighted by molar-refractivity contribution is 0.628. The van der Waals surface area contributed by atoms with Gasteiger partial charge in [0.2, 0.25) is 0 Å². The fourth-order valence-electron chi connectivity index (χ4n) is 0.828. The lowest BCUT2D eigenvalue weighted by Crippen LogP contribution is -2.27. The number of nitrogens with one attached hydrogen (secondary N) is 3. The van der Waals surface area contributed by atoms with Crippen molar-refractivity contribution in [1.82, 2.24) is 10.6 Å². The molecule has 0 aliphatic carbocycles. The minimum atomic E-state index is 0.996. The summed E-state index contributed by atoms with van der Waals surface area (Å²) in [6.45, 7) is 6.19. The molecule has 0 amide bonds. The smallest absolute Gasteiger partial charge is 0.0174 e. The highest BCUT2D eigenvalue weighted by Gasteiger charge is 1.83. The van der Waals surface area contributed by atoms with E-state index in [4.69, 9.17) is 5.41 Å². The maximum absolute atomic E-state index is 6.73. The van der Waals surface area contributed by atoms with Gasteiger partial charge >= 0.3 is 0 Å². The predicted molar refractivity (Wildman–Crippen MR) is 54.0 cm³/mol. The number of hydrogen-bond donors (Lipinski definition) is 3. The molecule has 0 aliphatic rings. The molecule has 0 unspecified atom stereocenters. The van der Waals surface area contributed by atoms with Crippen molar-refractivity contribution in [2.45, 2.75) is 13.3 Å². The van der Waals surface area contributed by atoms with Gasteiger partial charge in [-0.15, -0.1) is 0 Å². The van der Waals surface area contributed by atoms with E-state index < -0.39 is 0 Å². The first-order valence-electron chi connectivity index (χ1n) is 4.48. The molecule has 0 fully saturated rings. The van der Waals surface area contributed by atoms with Crippen molar-refractivity contribution in [3.05, 3.63) is 12.2 Å². The van der Waals surface area contributed by atoms with Crippen LogP contribution in [-0.2, 0) is 0 Å². The van der Waals surface area contributed by atoms with Gasteiger partial charge in [0.25, 0.3) is 0 Å². The molecule has 0 radical (unpaired) electrons. The zero-order valence-corrected chi connectivity index (χ0v) is 7.77. The maximum Gasteiger partial charge on any atom is 0.0174 e. The third kappa shape index (κ3) is 9.33. The molecule has 0 bridgehead atoms. The topological polar surface area (TPSA) is 47.9 Å². The second-order valence-electron chi connectivity index (χ2n) is 2.49. The van der Waals surface area contributed by atoms with Gasteiger partial charge in [-0.25, -0.2) is 0 Å². The summed E-state index contributed by atoms with van der Waals surface area (Å²) >= 11 is 0. The number of allylic oxidation sites excluding steroid dienone is 1. The molecule has 0 saturated heterocycles. The molecule has 3 nitrogen and oxygen atoms in total. The lowest BCUT2D eigenvalue weighted by Gasteiger charge is -2.02. The summed E-state index contributed by atoms with van der Waals surface area (Å²) in [5.41, 5.74) is 0. The normalized spacial score (nSPS) is 10.8. The van der Waals surface area contributed by atoms with Gasteiger partial charge in [0, 0.05) is 19.3 Å². The van der Waals surface area contributed by atoms with Crippen LogP contribution in [0.25, 0.3) is 0 Å². The Morgan fingerprint density at radius 3 is 2.58 bits per heavy atom. The van der Waals surface area contributed by atoms with E-state index in [1.807, 2.05) is 6.08 Å². The highest BCUT2D eigenvalue weighted by Crippen LogP contribution is 1.77. The van der Waals surface area contributed by atoms with E-state index in [1.54, 1.807) is 6.08 Å². The van der Waals surface area contributed by atoms with Crippen LogP contribution in [0.5, 0.6) is 0 Å². The third-order valence-electron chi connectivity index (χ3n) is 1.45. The molecule has 3 heteroatoms. The first-order valence-corrected chi connectivity index (χ1v) is 4.48. The van der Waals surface area contributed by atoms with E-state index in [1.165, 1.54) is 6.21 Å². The molecule has 12 heavy (non-hydrogen) atoms. The summed E-state index contributed by atoms with van der Waals surface area (Å²) in [5.74, 6) is 0. The van der Waals surface area contributed by atoms with Crippen LogP contribution >= 0.6 is 0 Å². The molecule has 0 saturated carbocycles. The van der Waals surface area contributed by atoms with E-state index in [0.717, 1.165) is 32.6 Å². The molecule has 70 valence electrons. The monoisotopic (exact) mass is 169 g/mol. The Morgan fingerprint density at radius 2 is 1.92 bits per heavy atom. The number of likely N-dealkylation sites (N-methyl/N-ethyl adjacent to an activating group) is 1. The second kappa shape index (κ2) is 10.3. The van der Waals surface area contributed by atoms with E-state index in [2.05, 4.69) is 17.6 Å². The average molecular weight is 169 g/mol. The standard InChI is InChI=1S/C9H19N3/c1-2-11-8-9-12-7-5-3-4-6-10/h3-4,6,10-12H,2,5,7-9H2,1H3/b4-3-,10-6?. The SMILES string of the molecule is CCNCCNCC/C=C\C=N. The van der Waals surface area contributed by atoms with Crippen molar-refractivity contribution in [2.75, 3.05) is 26.2 Å². The van der Waals surface area contributed by atoms with Gasteiger partial charge in [0.15, 0.2) is 0 Å². The summed E-state index contributed by atoms with van der Waals surface area (Å²) in [7, 11) is 0. The van der Waals surface area contributed by atoms with Gasteiger partial charge in [-0.05, 0) is 25.6 Å². The van der Waals surface area contributed by atoms with Crippen LogP contribution in [0.4, 0.5) is 0 Å². The molecular formula is C9H19N3. The molecule has 0 atom stereocenters. The van der Waals surface area contributed by atoms with Crippen molar-refractivity contribution in [3.63, 3.8) is 0 Å². The second-order valence-corrected chi connectivity index (χ2v) is 2.49. The Balaban J connectivity index is 2.90. The Labute approximate surface area is 74.8 Å². The molecular weight excluding hydrogens is 150 g/mol. The van der Waals surface area contributed by atoms with Crippen LogP contribution in [-0.4, -0.2) is 32.4 Å². The van der Waals surface area contributed by atoms with Gasteiger partial charge in [-0.1, -0.05) is 13.0 Å². The first-order chi connectivity index (χ1) is 5.91. The summed E-state index contributed by atoms with van der Waals surface area (Å²) in [5, 5.41) is 13.3. The van der Waals surface area contributed by atoms with Gasteiger partial charge in [0.1, 0.15) is 0 Å². The highest BCUT2D eigenvalue weighted by atomic mass is 14.9. The fourth-order valence-corrected chi connectivity index (χ4v) is 0.828. The lowest BCUT2D eigenvalue weighted by atomic mass is 10.4. The fraction of sp³-hybridized carbons (Fsp3) is 0.667. The minimum Gasteiger partial charge on any atom is -0.316 e. The van der Waals surface area contributed by atoms with Gasteiger partial charge < -0.3 is 16.0 Å². The number of rotatable bonds is 8. The summed E-state index contributed by atoms with van der Waals surface area (Å²) in [6.07, 6.45) is 6.05. The molecule has 0 aromatic heterocycles. The van der Waals surface area contributed by atoms with Crippen molar-refractivity contribution in [3.8, 4) is 0 Å².